The lowest BCUT2D eigenvalue weighted by atomic mass is 9.90. The van der Waals surface area contributed by atoms with Crippen LogP contribution in [0.15, 0.2) is 30.5 Å². The van der Waals surface area contributed by atoms with Gasteiger partial charge >= 0.3 is 5.97 Å². The highest BCUT2D eigenvalue weighted by Gasteiger charge is 2.23. The van der Waals surface area contributed by atoms with Crippen molar-refractivity contribution in [2.24, 2.45) is 0 Å². The highest BCUT2D eigenvalue weighted by molar-refractivity contribution is 5.89. The SMILES string of the molecule is CCOC(=O)c1ncc(Oc2cccc(C)c2)c2c1CCCC2. The van der Waals surface area contributed by atoms with E-state index in [2.05, 4.69) is 4.98 Å². The second-order valence-corrected chi connectivity index (χ2v) is 5.77. The first kappa shape index (κ1) is 15.5. The lowest BCUT2D eigenvalue weighted by Gasteiger charge is -2.21. The molecule has 2 aromatic rings. The van der Waals surface area contributed by atoms with E-state index in [1.165, 1.54) is 0 Å². The van der Waals surface area contributed by atoms with E-state index in [0.29, 0.717) is 12.3 Å². The number of hydrogen-bond acceptors (Lipinski definition) is 4. The third-order valence-corrected chi connectivity index (χ3v) is 4.05. The molecule has 0 saturated heterocycles. The van der Waals surface area contributed by atoms with Gasteiger partial charge in [0.25, 0.3) is 0 Å². The van der Waals surface area contributed by atoms with Crippen molar-refractivity contribution in [3.05, 3.63) is 52.8 Å². The van der Waals surface area contributed by atoms with E-state index in [1.807, 2.05) is 31.2 Å². The Bertz CT molecular complexity index is 725. The molecule has 120 valence electrons. The second kappa shape index (κ2) is 6.82. The van der Waals surface area contributed by atoms with Crippen LogP contribution in [0.5, 0.6) is 11.5 Å². The van der Waals surface area contributed by atoms with Crippen molar-refractivity contribution in [1.82, 2.24) is 4.98 Å². The van der Waals surface area contributed by atoms with Crippen LogP contribution in [0.3, 0.4) is 0 Å². The van der Waals surface area contributed by atoms with Crippen LogP contribution in [0, 0.1) is 6.92 Å². The van der Waals surface area contributed by atoms with Crippen LogP contribution in [0.1, 0.15) is 46.9 Å². The quantitative estimate of drug-likeness (QED) is 0.793. The van der Waals surface area contributed by atoms with Crippen molar-refractivity contribution in [3.8, 4) is 11.5 Å². The maximum atomic E-state index is 12.1. The van der Waals surface area contributed by atoms with Gasteiger partial charge in [0.2, 0.25) is 0 Å². The molecule has 3 rings (SSSR count). The van der Waals surface area contributed by atoms with Gasteiger partial charge in [-0.1, -0.05) is 12.1 Å². The molecule has 4 nitrogen and oxygen atoms in total. The Morgan fingerprint density at radius 2 is 2.00 bits per heavy atom. The molecule has 1 aliphatic carbocycles. The number of rotatable bonds is 4. The van der Waals surface area contributed by atoms with Crippen LogP contribution in [-0.2, 0) is 17.6 Å². The summed E-state index contributed by atoms with van der Waals surface area (Å²) < 4.78 is 11.2. The van der Waals surface area contributed by atoms with E-state index in [0.717, 1.165) is 53.9 Å². The number of esters is 1. The van der Waals surface area contributed by atoms with Crippen LogP contribution in [0.4, 0.5) is 0 Å². The van der Waals surface area contributed by atoms with E-state index in [4.69, 9.17) is 9.47 Å². The van der Waals surface area contributed by atoms with Gasteiger partial charge in [-0.2, -0.15) is 0 Å². The van der Waals surface area contributed by atoms with Gasteiger partial charge in [0.1, 0.15) is 11.5 Å². The highest BCUT2D eigenvalue weighted by atomic mass is 16.5. The number of pyridine rings is 1. The van der Waals surface area contributed by atoms with Crippen molar-refractivity contribution >= 4 is 5.97 Å². The van der Waals surface area contributed by atoms with Crippen molar-refractivity contribution in [1.29, 1.82) is 0 Å². The van der Waals surface area contributed by atoms with Gasteiger partial charge in [0, 0.05) is 5.56 Å². The van der Waals surface area contributed by atoms with E-state index >= 15 is 0 Å². The third-order valence-electron chi connectivity index (χ3n) is 4.05. The Labute approximate surface area is 136 Å². The summed E-state index contributed by atoms with van der Waals surface area (Å²) in [5.74, 6) is 1.20. The first-order valence-corrected chi connectivity index (χ1v) is 8.11. The van der Waals surface area contributed by atoms with Gasteiger partial charge in [0.05, 0.1) is 12.8 Å². The van der Waals surface area contributed by atoms with Crippen molar-refractivity contribution in [2.45, 2.75) is 39.5 Å². The van der Waals surface area contributed by atoms with Crippen LogP contribution >= 0.6 is 0 Å². The number of ether oxygens (including phenoxy) is 2. The largest absolute Gasteiger partial charge is 0.461 e. The molecule has 1 aromatic carbocycles. The van der Waals surface area contributed by atoms with Gasteiger partial charge in [-0.15, -0.1) is 0 Å². The van der Waals surface area contributed by atoms with Gasteiger partial charge < -0.3 is 9.47 Å². The Morgan fingerprint density at radius 3 is 2.74 bits per heavy atom. The molecule has 1 aromatic heterocycles. The molecule has 0 radical (unpaired) electrons. The molecule has 0 aliphatic heterocycles. The number of carbonyl (C=O) groups excluding carboxylic acids is 1. The number of benzene rings is 1. The molecule has 23 heavy (non-hydrogen) atoms. The lowest BCUT2D eigenvalue weighted by molar-refractivity contribution is 0.0517. The predicted molar refractivity (Wildman–Crippen MR) is 88.1 cm³/mol. The maximum absolute atomic E-state index is 12.1. The molecule has 0 bridgehead atoms. The molecule has 0 unspecified atom stereocenters. The number of aromatic nitrogens is 1. The normalized spacial score (nSPS) is 13.3. The molecule has 1 heterocycles. The van der Waals surface area contributed by atoms with Crippen LogP contribution < -0.4 is 4.74 Å². The fourth-order valence-corrected chi connectivity index (χ4v) is 2.99. The summed E-state index contributed by atoms with van der Waals surface area (Å²) in [6, 6.07) is 7.93. The zero-order chi connectivity index (χ0) is 16.2. The average molecular weight is 311 g/mol. The summed E-state index contributed by atoms with van der Waals surface area (Å²) >= 11 is 0. The zero-order valence-electron chi connectivity index (χ0n) is 13.6. The van der Waals surface area contributed by atoms with Crippen LogP contribution in [0.25, 0.3) is 0 Å². The minimum absolute atomic E-state index is 0.340. The molecule has 0 atom stereocenters. The summed E-state index contributed by atoms with van der Waals surface area (Å²) in [4.78, 5) is 16.4. The molecule has 4 heteroatoms. The summed E-state index contributed by atoms with van der Waals surface area (Å²) in [7, 11) is 0. The molecule has 0 amide bonds. The Balaban J connectivity index is 1.97. The van der Waals surface area contributed by atoms with Gasteiger partial charge in [-0.3, -0.25) is 0 Å². The first-order valence-electron chi connectivity index (χ1n) is 8.11. The molecule has 0 spiro atoms. The number of aryl methyl sites for hydroxylation is 1. The van der Waals surface area contributed by atoms with E-state index in [1.54, 1.807) is 13.1 Å². The minimum Gasteiger partial charge on any atom is -0.461 e. The van der Waals surface area contributed by atoms with Crippen molar-refractivity contribution < 1.29 is 14.3 Å². The third kappa shape index (κ3) is 3.36. The smallest absolute Gasteiger partial charge is 0.357 e. The molecular formula is C19H21NO3. The maximum Gasteiger partial charge on any atom is 0.357 e. The number of fused-ring (bicyclic) bond motifs is 1. The standard InChI is InChI=1S/C19H21NO3/c1-3-22-19(21)18-16-10-5-4-9-15(16)17(12-20-18)23-14-8-6-7-13(2)11-14/h6-8,11-12H,3-5,9-10H2,1-2H3. The van der Waals surface area contributed by atoms with Gasteiger partial charge in [-0.05, 0) is 62.8 Å². The average Bonchev–Trinajstić information content (AvgIpc) is 2.55. The fourth-order valence-electron chi connectivity index (χ4n) is 2.99. The highest BCUT2D eigenvalue weighted by Crippen LogP contribution is 2.34. The second-order valence-electron chi connectivity index (χ2n) is 5.77. The monoisotopic (exact) mass is 311 g/mol. The molecule has 0 fully saturated rings. The summed E-state index contributed by atoms with van der Waals surface area (Å²) in [5.41, 5.74) is 3.67. The molecule has 0 N–H and O–H groups in total. The van der Waals surface area contributed by atoms with Crippen molar-refractivity contribution in [3.63, 3.8) is 0 Å². The van der Waals surface area contributed by atoms with Crippen molar-refractivity contribution in [2.75, 3.05) is 6.61 Å². The van der Waals surface area contributed by atoms with Crippen LogP contribution in [-0.4, -0.2) is 17.6 Å². The number of nitrogens with zero attached hydrogens (tertiary/aromatic N) is 1. The summed E-state index contributed by atoms with van der Waals surface area (Å²) in [5, 5.41) is 0. The van der Waals surface area contributed by atoms with Crippen LogP contribution in [0.2, 0.25) is 0 Å². The zero-order valence-corrected chi connectivity index (χ0v) is 13.6. The predicted octanol–water partition coefficient (Wildman–Crippen LogP) is 4.24. The first-order chi connectivity index (χ1) is 11.2. The Hall–Kier alpha value is -2.36. The summed E-state index contributed by atoms with van der Waals surface area (Å²) in [6.45, 7) is 4.20. The minimum atomic E-state index is -0.340. The van der Waals surface area contributed by atoms with Gasteiger partial charge in [-0.25, -0.2) is 9.78 Å². The number of hydrogen-bond donors (Lipinski definition) is 0. The molecular weight excluding hydrogens is 290 g/mol. The lowest BCUT2D eigenvalue weighted by Crippen LogP contribution is -2.16. The molecule has 1 aliphatic rings. The topological polar surface area (TPSA) is 48.4 Å². The van der Waals surface area contributed by atoms with E-state index in [-0.39, 0.29) is 5.97 Å². The van der Waals surface area contributed by atoms with E-state index in [9.17, 15) is 4.79 Å². The van der Waals surface area contributed by atoms with E-state index < -0.39 is 0 Å². The van der Waals surface area contributed by atoms with Gasteiger partial charge in [0.15, 0.2) is 5.69 Å². The Kier molecular flexibility index (Phi) is 4.60. The fraction of sp³-hybridized carbons (Fsp3) is 0.368. The number of carbonyl (C=O) groups is 1. The Morgan fingerprint density at radius 1 is 1.22 bits per heavy atom. The molecule has 0 saturated carbocycles. The summed E-state index contributed by atoms with van der Waals surface area (Å²) in [6.07, 6.45) is 5.57.